The lowest BCUT2D eigenvalue weighted by Crippen LogP contribution is -2.14. The monoisotopic (exact) mass is 126 g/mol. The van der Waals surface area contributed by atoms with Crippen LogP contribution in [-0.4, -0.2) is 12.7 Å². The second kappa shape index (κ2) is 1.98. The minimum atomic E-state index is 0.644. The Morgan fingerprint density at radius 2 is 2.11 bits per heavy atom. The largest absolute Gasteiger partial charge is 0.378 e. The molecule has 1 heterocycles. The summed E-state index contributed by atoms with van der Waals surface area (Å²) in [7, 11) is 0. The molecule has 1 heteroatoms. The van der Waals surface area contributed by atoms with Gasteiger partial charge in [0.15, 0.2) is 0 Å². The van der Waals surface area contributed by atoms with Gasteiger partial charge in [0, 0.05) is 6.61 Å². The van der Waals surface area contributed by atoms with Crippen molar-refractivity contribution in [2.24, 2.45) is 11.8 Å². The summed E-state index contributed by atoms with van der Waals surface area (Å²) in [6.07, 6.45) is 4.79. The van der Waals surface area contributed by atoms with Crippen LogP contribution < -0.4 is 0 Å². The van der Waals surface area contributed by atoms with Crippen LogP contribution in [0.2, 0.25) is 0 Å². The van der Waals surface area contributed by atoms with Crippen LogP contribution in [-0.2, 0) is 4.74 Å². The van der Waals surface area contributed by atoms with Gasteiger partial charge in [0.2, 0.25) is 0 Å². The number of hydrogen-bond acceptors (Lipinski definition) is 1. The normalized spacial score (nSPS) is 49.7. The van der Waals surface area contributed by atoms with Gasteiger partial charge < -0.3 is 4.74 Å². The van der Waals surface area contributed by atoms with E-state index in [2.05, 4.69) is 6.92 Å². The van der Waals surface area contributed by atoms with E-state index in [1.807, 2.05) is 0 Å². The molecule has 0 aromatic rings. The summed E-state index contributed by atoms with van der Waals surface area (Å²) in [4.78, 5) is 0. The number of fused-ring (bicyclic) bond motifs is 1. The van der Waals surface area contributed by atoms with Crippen molar-refractivity contribution in [2.45, 2.75) is 32.3 Å². The summed E-state index contributed by atoms with van der Waals surface area (Å²) < 4.78 is 5.59. The maximum atomic E-state index is 5.59. The van der Waals surface area contributed by atoms with Crippen molar-refractivity contribution in [2.75, 3.05) is 6.61 Å². The summed E-state index contributed by atoms with van der Waals surface area (Å²) in [5, 5.41) is 0. The maximum Gasteiger partial charge on any atom is 0.0629 e. The zero-order valence-corrected chi connectivity index (χ0v) is 5.97. The van der Waals surface area contributed by atoms with Gasteiger partial charge in [-0.3, -0.25) is 0 Å². The Labute approximate surface area is 56.4 Å². The molecule has 2 rings (SSSR count). The van der Waals surface area contributed by atoms with Gasteiger partial charge in [0.1, 0.15) is 0 Å². The number of rotatable bonds is 0. The molecule has 1 aliphatic carbocycles. The molecule has 9 heavy (non-hydrogen) atoms. The van der Waals surface area contributed by atoms with Gasteiger partial charge in [-0.25, -0.2) is 0 Å². The lowest BCUT2D eigenvalue weighted by Gasteiger charge is -2.11. The van der Waals surface area contributed by atoms with Gasteiger partial charge >= 0.3 is 0 Å². The van der Waals surface area contributed by atoms with Gasteiger partial charge in [-0.1, -0.05) is 6.92 Å². The summed E-state index contributed by atoms with van der Waals surface area (Å²) in [6.45, 7) is 3.34. The van der Waals surface area contributed by atoms with Crippen molar-refractivity contribution in [1.82, 2.24) is 0 Å². The highest BCUT2D eigenvalue weighted by Gasteiger charge is 2.37. The second-order valence-electron chi connectivity index (χ2n) is 3.44. The first-order valence-electron chi connectivity index (χ1n) is 3.99. The van der Waals surface area contributed by atoms with Crippen LogP contribution in [0.15, 0.2) is 0 Å². The average Bonchev–Trinajstić information content (AvgIpc) is 2.35. The topological polar surface area (TPSA) is 9.23 Å². The molecular weight excluding hydrogens is 112 g/mol. The molecule has 1 saturated heterocycles. The molecule has 3 atom stereocenters. The van der Waals surface area contributed by atoms with E-state index in [-0.39, 0.29) is 0 Å². The van der Waals surface area contributed by atoms with E-state index in [4.69, 9.17) is 4.74 Å². The summed E-state index contributed by atoms with van der Waals surface area (Å²) >= 11 is 0. The zero-order valence-electron chi connectivity index (χ0n) is 5.97. The Kier molecular flexibility index (Phi) is 1.26. The predicted molar refractivity (Wildman–Crippen MR) is 36.2 cm³/mol. The highest BCUT2D eigenvalue weighted by atomic mass is 16.5. The lowest BCUT2D eigenvalue weighted by atomic mass is 10.0. The fourth-order valence-electron chi connectivity index (χ4n) is 2.23. The third kappa shape index (κ3) is 0.787. The molecule has 1 aliphatic heterocycles. The standard InChI is InChI=1S/C8H14O/c1-6-2-3-7-4-5-9-8(6)7/h6-8H,2-5H2,1H3. The third-order valence-electron chi connectivity index (χ3n) is 2.82. The Hall–Kier alpha value is -0.0400. The SMILES string of the molecule is CC1CCC2CCOC12. The van der Waals surface area contributed by atoms with Gasteiger partial charge in [-0.2, -0.15) is 0 Å². The van der Waals surface area contributed by atoms with E-state index in [0.29, 0.717) is 6.10 Å². The second-order valence-corrected chi connectivity index (χ2v) is 3.44. The molecule has 0 aromatic heterocycles. The van der Waals surface area contributed by atoms with Crippen LogP contribution in [0.25, 0.3) is 0 Å². The zero-order chi connectivity index (χ0) is 6.27. The molecular formula is C8H14O. The smallest absolute Gasteiger partial charge is 0.0629 e. The van der Waals surface area contributed by atoms with E-state index in [9.17, 15) is 0 Å². The van der Waals surface area contributed by atoms with Crippen molar-refractivity contribution in [3.05, 3.63) is 0 Å². The van der Waals surface area contributed by atoms with E-state index in [1.54, 1.807) is 0 Å². The average molecular weight is 126 g/mol. The number of ether oxygens (including phenoxy) is 1. The van der Waals surface area contributed by atoms with Crippen LogP contribution in [0.4, 0.5) is 0 Å². The third-order valence-corrected chi connectivity index (χ3v) is 2.82. The summed E-state index contributed by atoms with van der Waals surface area (Å²) in [5.41, 5.74) is 0. The van der Waals surface area contributed by atoms with Crippen molar-refractivity contribution in [3.63, 3.8) is 0 Å². The van der Waals surface area contributed by atoms with Gasteiger partial charge in [-0.15, -0.1) is 0 Å². The van der Waals surface area contributed by atoms with E-state index >= 15 is 0 Å². The highest BCUT2D eigenvalue weighted by Crippen LogP contribution is 2.39. The first-order valence-corrected chi connectivity index (χ1v) is 3.99. The summed E-state index contributed by atoms with van der Waals surface area (Å²) in [5.74, 6) is 1.78. The highest BCUT2D eigenvalue weighted by molar-refractivity contribution is 4.86. The van der Waals surface area contributed by atoms with Crippen molar-refractivity contribution < 1.29 is 4.74 Å². The minimum Gasteiger partial charge on any atom is -0.378 e. The Bertz CT molecular complexity index is 111. The van der Waals surface area contributed by atoms with Gasteiger partial charge in [0.25, 0.3) is 0 Å². The Morgan fingerprint density at radius 3 is 2.89 bits per heavy atom. The first kappa shape index (κ1) is 5.72. The summed E-state index contributed by atoms with van der Waals surface area (Å²) in [6, 6.07) is 0. The molecule has 0 amide bonds. The van der Waals surface area contributed by atoms with Crippen molar-refractivity contribution in [3.8, 4) is 0 Å². The maximum absolute atomic E-state index is 5.59. The molecule has 1 saturated carbocycles. The van der Waals surface area contributed by atoms with Crippen LogP contribution in [0, 0.1) is 11.8 Å². The Balaban J connectivity index is 2.07. The van der Waals surface area contributed by atoms with Gasteiger partial charge in [-0.05, 0) is 31.1 Å². The first-order chi connectivity index (χ1) is 4.38. The lowest BCUT2D eigenvalue weighted by molar-refractivity contribution is 0.0720. The molecule has 0 aromatic carbocycles. The van der Waals surface area contributed by atoms with Crippen molar-refractivity contribution in [1.29, 1.82) is 0 Å². The van der Waals surface area contributed by atoms with Crippen LogP contribution in [0.1, 0.15) is 26.2 Å². The molecule has 0 bridgehead atoms. The number of hydrogen-bond donors (Lipinski definition) is 0. The molecule has 0 spiro atoms. The van der Waals surface area contributed by atoms with Gasteiger partial charge in [0.05, 0.1) is 6.10 Å². The molecule has 3 unspecified atom stereocenters. The van der Waals surface area contributed by atoms with E-state index < -0.39 is 0 Å². The minimum absolute atomic E-state index is 0.644. The Morgan fingerprint density at radius 1 is 1.22 bits per heavy atom. The van der Waals surface area contributed by atoms with E-state index in [1.165, 1.54) is 19.3 Å². The molecule has 0 radical (unpaired) electrons. The molecule has 1 nitrogen and oxygen atoms in total. The quantitative estimate of drug-likeness (QED) is 0.481. The fraction of sp³-hybridized carbons (Fsp3) is 1.00. The van der Waals surface area contributed by atoms with Crippen LogP contribution in [0.5, 0.6) is 0 Å². The molecule has 2 fully saturated rings. The van der Waals surface area contributed by atoms with E-state index in [0.717, 1.165) is 18.4 Å². The fourth-order valence-corrected chi connectivity index (χ4v) is 2.23. The molecule has 2 aliphatic rings. The molecule has 0 N–H and O–H groups in total. The predicted octanol–water partition coefficient (Wildman–Crippen LogP) is 1.82. The van der Waals surface area contributed by atoms with Crippen LogP contribution in [0.3, 0.4) is 0 Å². The molecule has 52 valence electrons. The van der Waals surface area contributed by atoms with Crippen LogP contribution >= 0.6 is 0 Å². The van der Waals surface area contributed by atoms with Crippen molar-refractivity contribution >= 4 is 0 Å².